The van der Waals surface area contributed by atoms with Crippen LogP contribution in [0.2, 0.25) is 0 Å². The van der Waals surface area contributed by atoms with E-state index in [9.17, 15) is 4.79 Å². The fraction of sp³-hybridized carbons (Fsp3) is 0.304. The third-order valence-electron chi connectivity index (χ3n) is 5.18. The lowest BCUT2D eigenvalue weighted by molar-refractivity contribution is -0.137. The van der Waals surface area contributed by atoms with Crippen molar-refractivity contribution >= 4 is 17.7 Å². The molecule has 0 aliphatic carbocycles. The van der Waals surface area contributed by atoms with Gasteiger partial charge in [0.15, 0.2) is 0 Å². The Morgan fingerprint density at radius 2 is 1.93 bits per heavy atom. The average molecular weight is 409 g/mol. The van der Waals surface area contributed by atoms with Gasteiger partial charge >= 0.3 is 0 Å². The van der Waals surface area contributed by atoms with Gasteiger partial charge in [-0.25, -0.2) is 4.98 Å². The van der Waals surface area contributed by atoms with Crippen molar-refractivity contribution in [2.45, 2.75) is 31.4 Å². The van der Waals surface area contributed by atoms with Crippen LogP contribution in [0.5, 0.6) is 0 Å². The number of amides is 1. The molecule has 0 N–H and O–H groups in total. The minimum absolute atomic E-state index is 0.00790. The number of aryl methyl sites for hydroxylation is 1. The van der Waals surface area contributed by atoms with Crippen molar-refractivity contribution in [2.24, 2.45) is 0 Å². The molecule has 1 aliphatic rings. The Morgan fingerprint density at radius 1 is 1.17 bits per heavy atom. The number of oxazole rings is 1. The SMILES string of the molecule is CSc1ccc(-c2nc(COCC(=O)N3CCc4ccccc4C3)c(C)o2)cc1. The summed E-state index contributed by atoms with van der Waals surface area (Å²) in [5.74, 6) is 1.30. The number of hydrogen-bond donors (Lipinski definition) is 0. The molecule has 29 heavy (non-hydrogen) atoms. The van der Waals surface area contributed by atoms with Gasteiger partial charge in [0.1, 0.15) is 18.1 Å². The highest BCUT2D eigenvalue weighted by atomic mass is 32.2. The quantitative estimate of drug-likeness (QED) is 0.563. The molecular formula is C23H24N2O3S. The van der Waals surface area contributed by atoms with E-state index in [1.54, 1.807) is 11.8 Å². The van der Waals surface area contributed by atoms with E-state index >= 15 is 0 Å². The van der Waals surface area contributed by atoms with E-state index in [0.717, 1.165) is 24.2 Å². The molecule has 1 aliphatic heterocycles. The van der Waals surface area contributed by atoms with E-state index in [2.05, 4.69) is 17.1 Å². The summed E-state index contributed by atoms with van der Waals surface area (Å²) in [7, 11) is 0. The van der Waals surface area contributed by atoms with Gasteiger partial charge in [-0.1, -0.05) is 24.3 Å². The molecule has 0 saturated heterocycles. The normalized spacial score (nSPS) is 13.4. The first kappa shape index (κ1) is 19.7. The Kier molecular flexibility index (Phi) is 6.02. The van der Waals surface area contributed by atoms with Crippen molar-refractivity contribution in [3.05, 3.63) is 71.1 Å². The smallest absolute Gasteiger partial charge is 0.248 e. The molecule has 3 aromatic rings. The fourth-order valence-corrected chi connectivity index (χ4v) is 3.86. The zero-order chi connectivity index (χ0) is 20.2. The summed E-state index contributed by atoms with van der Waals surface area (Å²) in [5, 5.41) is 0. The molecule has 4 rings (SSSR count). The van der Waals surface area contributed by atoms with Gasteiger partial charge in [0, 0.05) is 23.5 Å². The Bertz CT molecular complexity index is 998. The van der Waals surface area contributed by atoms with E-state index in [-0.39, 0.29) is 19.1 Å². The number of nitrogens with zero attached hydrogens (tertiary/aromatic N) is 2. The maximum absolute atomic E-state index is 12.5. The van der Waals surface area contributed by atoms with Gasteiger partial charge in [0.05, 0.1) is 6.61 Å². The van der Waals surface area contributed by atoms with Crippen LogP contribution in [0, 0.1) is 6.92 Å². The predicted octanol–water partition coefficient (Wildman–Crippen LogP) is 4.47. The fourth-order valence-electron chi connectivity index (χ4n) is 3.45. The minimum Gasteiger partial charge on any atom is -0.441 e. The van der Waals surface area contributed by atoms with Gasteiger partial charge < -0.3 is 14.1 Å². The molecule has 0 radical (unpaired) electrons. The molecule has 2 aromatic carbocycles. The summed E-state index contributed by atoms with van der Waals surface area (Å²) >= 11 is 1.70. The first-order valence-electron chi connectivity index (χ1n) is 9.67. The van der Waals surface area contributed by atoms with Crippen LogP contribution in [0.1, 0.15) is 22.6 Å². The zero-order valence-electron chi connectivity index (χ0n) is 16.7. The monoisotopic (exact) mass is 408 g/mol. The number of carbonyl (C=O) groups excluding carboxylic acids is 1. The van der Waals surface area contributed by atoms with E-state index < -0.39 is 0 Å². The molecule has 0 saturated carbocycles. The lowest BCUT2D eigenvalue weighted by Gasteiger charge is -2.28. The Hall–Kier alpha value is -2.57. The maximum atomic E-state index is 12.5. The Morgan fingerprint density at radius 3 is 2.69 bits per heavy atom. The molecule has 1 aromatic heterocycles. The highest BCUT2D eigenvalue weighted by molar-refractivity contribution is 7.98. The predicted molar refractivity (Wildman–Crippen MR) is 114 cm³/mol. The van der Waals surface area contributed by atoms with Crippen LogP contribution in [0.15, 0.2) is 57.8 Å². The lowest BCUT2D eigenvalue weighted by atomic mass is 10.00. The van der Waals surface area contributed by atoms with Gasteiger partial charge in [-0.05, 0) is 55.0 Å². The first-order valence-corrected chi connectivity index (χ1v) is 10.9. The summed E-state index contributed by atoms with van der Waals surface area (Å²) < 4.78 is 11.5. The van der Waals surface area contributed by atoms with Crippen LogP contribution in [0.3, 0.4) is 0 Å². The largest absolute Gasteiger partial charge is 0.441 e. The van der Waals surface area contributed by atoms with Gasteiger partial charge in [0.25, 0.3) is 0 Å². The maximum Gasteiger partial charge on any atom is 0.248 e. The van der Waals surface area contributed by atoms with E-state index in [1.165, 1.54) is 16.0 Å². The highest BCUT2D eigenvalue weighted by Crippen LogP contribution is 2.25. The molecule has 1 amide bonds. The summed E-state index contributed by atoms with van der Waals surface area (Å²) in [6.07, 6.45) is 2.94. The molecule has 2 heterocycles. The molecule has 0 atom stereocenters. The topological polar surface area (TPSA) is 55.6 Å². The number of fused-ring (bicyclic) bond motifs is 1. The Labute approximate surface area is 175 Å². The van der Waals surface area contributed by atoms with Gasteiger partial charge in [-0.3, -0.25) is 4.79 Å². The van der Waals surface area contributed by atoms with Crippen LogP contribution < -0.4 is 0 Å². The van der Waals surface area contributed by atoms with Crippen molar-refractivity contribution in [3.8, 4) is 11.5 Å². The summed E-state index contributed by atoms with van der Waals surface area (Å²) in [5.41, 5.74) is 4.20. The summed E-state index contributed by atoms with van der Waals surface area (Å²) in [6.45, 7) is 3.56. The van der Waals surface area contributed by atoms with E-state index in [0.29, 0.717) is 18.2 Å². The van der Waals surface area contributed by atoms with Gasteiger partial charge in [-0.15, -0.1) is 11.8 Å². The number of aromatic nitrogens is 1. The number of hydrogen-bond acceptors (Lipinski definition) is 5. The van der Waals surface area contributed by atoms with Gasteiger partial charge in [0.2, 0.25) is 11.8 Å². The average Bonchev–Trinajstić information content (AvgIpc) is 3.14. The van der Waals surface area contributed by atoms with Crippen molar-refractivity contribution in [1.82, 2.24) is 9.88 Å². The van der Waals surface area contributed by atoms with Crippen molar-refractivity contribution in [3.63, 3.8) is 0 Å². The summed E-state index contributed by atoms with van der Waals surface area (Å²) in [6, 6.07) is 16.4. The molecule has 0 bridgehead atoms. The van der Waals surface area contributed by atoms with Crippen molar-refractivity contribution < 1.29 is 13.9 Å². The second-order valence-corrected chi connectivity index (χ2v) is 7.96. The summed E-state index contributed by atoms with van der Waals surface area (Å²) in [4.78, 5) is 20.1. The lowest BCUT2D eigenvalue weighted by Crippen LogP contribution is -2.38. The molecule has 150 valence electrons. The third-order valence-corrected chi connectivity index (χ3v) is 5.92. The molecular weight excluding hydrogens is 384 g/mol. The van der Waals surface area contributed by atoms with Gasteiger partial charge in [-0.2, -0.15) is 0 Å². The van der Waals surface area contributed by atoms with Crippen LogP contribution in [0.25, 0.3) is 11.5 Å². The second kappa shape index (κ2) is 8.84. The zero-order valence-corrected chi connectivity index (χ0v) is 17.5. The van der Waals surface area contributed by atoms with E-state index in [1.807, 2.05) is 54.5 Å². The number of thioether (sulfide) groups is 1. The van der Waals surface area contributed by atoms with Crippen molar-refractivity contribution in [1.29, 1.82) is 0 Å². The second-order valence-electron chi connectivity index (χ2n) is 7.08. The third kappa shape index (κ3) is 4.54. The number of carbonyl (C=O) groups is 1. The van der Waals surface area contributed by atoms with Crippen LogP contribution in [-0.4, -0.2) is 35.2 Å². The Balaban J connectivity index is 1.32. The molecule has 6 heteroatoms. The van der Waals surface area contributed by atoms with E-state index in [4.69, 9.17) is 9.15 Å². The van der Waals surface area contributed by atoms with Crippen LogP contribution in [0.4, 0.5) is 0 Å². The standard InChI is InChI=1S/C23H24N2O3S/c1-16-21(24-23(28-16)18-7-9-20(29-2)10-8-18)14-27-15-22(26)25-12-11-17-5-3-4-6-19(17)13-25/h3-10H,11-15H2,1-2H3. The molecule has 0 spiro atoms. The number of benzene rings is 2. The highest BCUT2D eigenvalue weighted by Gasteiger charge is 2.20. The molecule has 0 fully saturated rings. The number of ether oxygens (including phenoxy) is 1. The minimum atomic E-state index is 0.00790. The first-order chi connectivity index (χ1) is 14.1. The van der Waals surface area contributed by atoms with Crippen LogP contribution >= 0.6 is 11.8 Å². The number of rotatable bonds is 6. The van der Waals surface area contributed by atoms with Crippen molar-refractivity contribution in [2.75, 3.05) is 19.4 Å². The van der Waals surface area contributed by atoms with Crippen LogP contribution in [-0.2, 0) is 29.1 Å². The molecule has 0 unspecified atom stereocenters. The molecule has 5 nitrogen and oxygen atoms in total.